The molecule has 0 saturated heterocycles. The third-order valence-electron chi connectivity index (χ3n) is 3.51. The first kappa shape index (κ1) is 13.5. The molecule has 4 aromatic rings. The topological polar surface area (TPSA) is 46.7 Å². The van der Waals surface area contributed by atoms with E-state index in [1.54, 1.807) is 0 Å². The Hall–Kier alpha value is -2.52. The van der Waals surface area contributed by atoms with Gasteiger partial charge in [-0.15, -0.1) is 0 Å². The van der Waals surface area contributed by atoms with Crippen LogP contribution in [0.1, 0.15) is 0 Å². The molecule has 0 bridgehead atoms. The summed E-state index contributed by atoms with van der Waals surface area (Å²) in [7, 11) is 0. The van der Waals surface area contributed by atoms with E-state index in [2.05, 4.69) is 64.3 Å². The Kier molecular flexibility index (Phi) is 4.03. The number of H-pyrrole nitrogens is 1. The van der Waals surface area contributed by atoms with Crippen molar-refractivity contribution in [2.45, 2.75) is 6.54 Å². The number of hydrogen-bond acceptors (Lipinski definition) is 1. The lowest BCUT2D eigenvalue weighted by Gasteiger charge is -2.01. The van der Waals surface area contributed by atoms with Gasteiger partial charge in [0, 0.05) is 36.5 Å². The molecule has 4 rings (SSSR count). The molecule has 0 aliphatic carbocycles. The molecule has 2 heterocycles. The summed E-state index contributed by atoms with van der Waals surface area (Å²) in [4.78, 5) is 3.12. The zero-order valence-corrected chi connectivity index (χ0v) is 11.9. The number of nitrogens with two attached hydrogens (primary N) is 1. The molecule has 0 unspecified atom stereocenters. The van der Waals surface area contributed by atoms with E-state index < -0.39 is 0 Å². The van der Waals surface area contributed by atoms with Crippen molar-refractivity contribution in [2.75, 3.05) is 6.54 Å². The molecule has 0 saturated carbocycles. The van der Waals surface area contributed by atoms with Crippen molar-refractivity contribution in [2.24, 2.45) is 5.73 Å². The van der Waals surface area contributed by atoms with Gasteiger partial charge in [0.05, 0.1) is 0 Å². The lowest BCUT2D eigenvalue weighted by Crippen LogP contribution is -2.08. The molecule has 3 N–H and O–H groups in total. The van der Waals surface area contributed by atoms with Crippen molar-refractivity contribution in [1.29, 1.82) is 0 Å². The number of para-hydroxylation sites is 2. The van der Waals surface area contributed by atoms with Crippen molar-refractivity contribution in [1.82, 2.24) is 9.55 Å². The number of benzene rings is 2. The summed E-state index contributed by atoms with van der Waals surface area (Å²) in [6.45, 7) is 1.59. The van der Waals surface area contributed by atoms with E-state index in [1.165, 1.54) is 21.8 Å². The lowest BCUT2D eigenvalue weighted by molar-refractivity contribution is 0.735. The summed E-state index contributed by atoms with van der Waals surface area (Å²) in [6, 6.07) is 20.7. The number of fused-ring (bicyclic) bond motifs is 2. The van der Waals surface area contributed by atoms with Crippen LogP contribution < -0.4 is 5.73 Å². The summed E-state index contributed by atoms with van der Waals surface area (Å²) in [5.74, 6) is 0. The van der Waals surface area contributed by atoms with Gasteiger partial charge in [0.15, 0.2) is 0 Å². The quantitative estimate of drug-likeness (QED) is 0.575. The fourth-order valence-corrected chi connectivity index (χ4v) is 2.47. The molecule has 0 radical (unpaired) electrons. The predicted octanol–water partition coefficient (Wildman–Crippen LogP) is 3.77. The fourth-order valence-electron chi connectivity index (χ4n) is 2.47. The Bertz CT molecular complexity index is 796. The van der Waals surface area contributed by atoms with Gasteiger partial charge in [-0.1, -0.05) is 36.4 Å². The van der Waals surface area contributed by atoms with E-state index in [1.807, 2.05) is 18.3 Å². The van der Waals surface area contributed by atoms with Gasteiger partial charge < -0.3 is 15.3 Å². The van der Waals surface area contributed by atoms with E-state index in [0.717, 1.165) is 6.54 Å². The molecule has 2 aromatic heterocycles. The lowest BCUT2D eigenvalue weighted by atomic mass is 10.2. The monoisotopic (exact) mass is 277 g/mol. The number of rotatable bonds is 2. The van der Waals surface area contributed by atoms with Crippen LogP contribution in [0.2, 0.25) is 0 Å². The Labute approximate surface area is 124 Å². The Balaban J connectivity index is 0.000000131. The van der Waals surface area contributed by atoms with Crippen molar-refractivity contribution in [3.05, 3.63) is 73.1 Å². The highest BCUT2D eigenvalue weighted by Crippen LogP contribution is 2.14. The molecule has 0 aliphatic rings. The molecule has 3 nitrogen and oxygen atoms in total. The van der Waals surface area contributed by atoms with Crippen LogP contribution in [-0.4, -0.2) is 16.1 Å². The Morgan fingerprint density at radius 1 is 0.857 bits per heavy atom. The van der Waals surface area contributed by atoms with Crippen LogP contribution in [0.25, 0.3) is 21.8 Å². The first-order chi connectivity index (χ1) is 10.4. The molecule has 3 heteroatoms. The zero-order chi connectivity index (χ0) is 14.5. The van der Waals surface area contributed by atoms with Crippen LogP contribution in [0.4, 0.5) is 0 Å². The molecule has 0 fully saturated rings. The Morgan fingerprint density at radius 3 is 2.43 bits per heavy atom. The largest absolute Gasteiger partial charge is 0.361 e. The van der Waals surface area contributed by atoms with Gasteiger partial charge in [-0.25, -0.2) is 0 Å². The van der Waals surface area contributed by atoms with Crippen LogP contribution in [-0.2, 0) is 6.54 Å². The molecule has 0 spiro atoms. The summed E-state index contributed by atoms with van der Waals surface area (Å²) in [5, 5.41) is 2.56. The van der Waals surface area contributed by atoms with E-state index in [0.29, 0.717) is 6.54 Å². The van der Waals surface area contributed by atoms with Gasteiger partial charge in [-0.2, -0.15) is 0 Å². The average molecular weight is 277 g/mol. The molecule has 106 valence electrons. The van der Waals surface area contributed by atoms with Gasteiger partial charge >= 0.3 is 0 Å². The number of hydrogen-bond donors (Lipinski definition) is 2. The molecule has 2 aromatic carbocycles. The molecule has 21 heavy (non-hydrogen) atoms. The SMILES string of the molecule is NCCn1ccc2ccccc21.c1ccc2[nH]ccc2c1. The van der Waals surface area contributed by atoms with Crippen LogP contribution >= 0.6 is 0 Å². The third kappa shape index (κ3) is 2.98. The minimum Gasteiger partial charge on any atom is -0.361 e. The minimum absolute atomic E-state index is 0.693. The maximum Gasteiger partial charge on any atom is 0.0480 e. The van der Waals surface area contributed by atoms with E-state index in [-0.39, 0.29) is 0 Å². The van der Waals surface area contributed by atoms with Gasteiger partial charge in [0.1, 0.15) is 0 Å². The first-order valence-electron chi connectivity index (χ1n) is 7.14. The van der Waals surface area contributed by atoms with Crippen LogP contribution in [0, 0.1) is 0 Å². The van der Waals surface area contributed by atoms with E-state index in [9.17, 15) is 0 Å². The second kappa shape index (κ2) is 6.29. The highest BCUT2D eigenvalue weighted by Gasteiger charge is 1.96. The zero-order valence-electron chi connectivity index (χ0n) is 11.9. The van der Waals surface area contributed by atoms with Crippen LogP contribution in [0.15, 0.2) is 73.1 Å². The summed E-state index contributed by atoms with van der Waals surface area (Å²) >= 11 is 0. The second-order valence-electron chi connectivity index (χ2n) is 4.92. The third-order valence-corrected chi connectivity index (χ3v) is 3.51. The average Bonchev–Trinajstić information content (AvgIpc) is 3.15. The van der Waals surface area contributed by atoms with Crippen molar-refractivity contribution in [3.63, 3.8) is 0 Å². The van der Waals surface area contributed by atoms with Gasteiger partial charge in [-0.3, -0.25) is 0 Å². The molecule has 0 amide bonds. The normalized spacial score (nSPS) is 10.5. The number of aromatic amines is 1. The fraction of sp³-hybridized carbons (Fsp3) is 0.111. The molecule has 0 aliphatic heterocycles. The smallest absolute Gasteiger partial charge is 0.0480 e. The maximum absolute atomic E-state index is 5.49. The molecule has 0 atom stereocenters. The summed E-state index contributed by atoms with van der Waals surface area (Å²) in [6.07, 6.45) is 4.03. The standard InChI is InChI=1S/C10H12N2.C8H7N/c11-6-8-12-7-5-9-3-1-2-4-10(9)12;1-2-4-8-7(3-1)5-6-9-8/h1-5,7H,6,8,11H2;1-6,9H. The molecular weight excluding hydrogens is 258 g/mol. The second-order valence-corrected chi connectivity index (χ2v) is 4.92. The van der Waals surface area contributed by atoms with Crippen molar-refractivity contribution < 1.29 is 0 Å². The van der Waals surface area contributed by atoms with Gasteiger partial charge in [0.25, 0.3) is 0 Å². The van der Waals surface area contributed by atoms with Gasteiger partial charge in [0.2, 0.25) is 0 Å². The van der Waals surface area contributed by atoms with Crippen LogP contribution in [0.5, 0.6) is 0 Å². The number of nitrogens with one attached hydrogen (secondary N) is 1. The predicted molar refractivity (Wildman–Crippen MR) is 89.3 cm³/mol. The highest BCUT2D eigenvalue weighted by molar-refractivity contribution is 5.80. The number of nitrogens with zero attached hydrogens (tertiary/aromatic N) is 1. The maximum atomic E-state index is 5.49. The van der Waals surface area contributed by atoms with Crippen molar-refractivity contribution >= 4 is 21.8 Å². The summed E-state index contributed by atoms with van der Waals surface area (Å²) < 4.78 is 2.18. The Morgan fingerprint density at radius 2 is 1.62 bits per heavy atom. The van der Waals surface area contributed by atoms with E-state index >= 15 is 0 Å². The summed E-state index contributed by atoms with van der Waals surface area (Å²) in [5.41, 5.74) is 7.96. The van der Waals surface area contributed by atoms with Gasteiger partial charge in [-0.05, 0) is 35.0 Å². The minimum atomic E-state index is 0.693. The first-order valence-corrected chi connectivity index (χ1v) is 7.14. The van der Waals surface area contributed by atoms with Crippen LogP contribution in [0.3, 0.4) is 0 Å². The van der Waals surface area contributed by atoms with E-state index in [4.69, 9.17) is 5.73 Å². The highest BCUT2D eigenvalue weighted by atomic mass is 15.0. The molecular formula is C18H19N3. The number of aromatic nitrogens is 2. The van der Waals surface area contributed by atoms with Crippen molar-refractivity contribution in [3.8, 4) is 0 Å².